The quantitative estimate of drug-likeness (QED) is 0.315. The zero-order chi connectivity index (χ0) is 20.7. The van der Waals surface area contributed by atoms with Gasteiger partial charge in [-0.25, -0.2) is 0 Å². The lowest BCUT2D eigenvalue weighted by atomic mass is 9.85. The Labute approximate surface area is 177 Å². The van der Waals surface area contributed by atoms with E-state index in [0.29, 0.717) is 24.9 Å². The highest BCUT2D eigenvalue weighted by Gasteiger charge is 2.58. The van der Waals surface area contributed by atoms with E-state index < -0.39 is 0 Å². The third-order valence-corrected chi connectivity index (χ3v) is 7.17. The first-order valence-electron chi connectivity index (χ1n) is 11.3. The van der Waals surface area contributed by atoms with Gasteiger partial charge in [0.1, 0.15) is 0 Å². The first kappa shape index (κ1) is 19.3. The van der Waals surface area contributed by atoms with Crippen molar-refractivity contribution < 1.29 is 9.59 Å². The number of guanidine groups is 1. The molecule has 0 aromatic heterocycles. The highest BCUT2D eigenvalue weighted by Crippen LogP contribution is 2.52. The highest BCUT2D eigenvalue weighted by atomic mass is 16.2. The second-order valence-corrected chi connectivity index (χ2v) is 8.99. The van der Waals surface area contributed by atoms with Crippen molar-refractivity contribution in [1.29, 1.82) is 0 Å². The molecule has 5 rings (SSSR count). The summed E-state index contributed by atoms with van der Waals surface area (Å²) in [5, 5.41) is 6.58. The Hall–Kier alpha value is -2.63. The van der Waals surface area contributed by atoms with Crippen LogP contribution in [0.5, 0.6) is 0 Å². The summed E-state index contributed by atoms with van der Waals surface area (Å²) < 4.78 is 0. The third-order valence-electron chi connectivity index (χ3n) is 7.17. The average molecular weight is 407 g/mol. The first-order valence-corrected chi connectivity index (χ1v) is 11.3. The maximum atomic E-state index is 12.8. The molecule has 2 N–H and O–H groups in total. The fraction of sp³-hybridized carbons (Fsp3) is 0.542. The lowest BCUT2D eigenvalue weighted by Gasteiger charge is -2.18. The number of likely N-dealkylation sites (tertiary alicyclic amines) is 1. The number of carbonyl (C=O) groups is 2. The smallest absolute Gasteiger partial charge is 0.233 e. The number of benzene rings is 1. The molecular formula is C24H30N4O2. The zero-order valence-corrected chi connectivity index (χ0v) is 17.5. The van der Waals surface area contributed by atoms with Gasteiger partial charge in [0.15, 0.2) is 5.96 Å². The van der Waals surface area contributed by atoms with Gasteiger partial charge in [0, 0.05) is 26.2 Å². The molecule has 158 valence electrons. The van der Waals surface area contributed by atoms with Crippen LogP contribution in [0.1, 0.15) is 31.2 Å². The lowest BCUT2D eigenvalue weighted by molar-refractivity contribution is -0.140. The molecule has 1 heterocycles. The molecule has 1 aliphatic heterocycles. The molecule has 3 aliphatic carbocycles. The van der Waals surface area contributed by atoms with E-state index >= 15 is 0 Å². The summed E-state index contributed by atoms with van der Waals surface area (Å²) in [7, 11) is 0. The van der Waals surface area contributed by atoms with Crippen LogP contribution in [0.3, 0.4) is 0 Å². The number of nitrogens with zero attached hydrogens (tertiary/aromatic N) is 2. The fourth-order valence-corrected chi connectivity index (χ4v) is 5.58. The molecule has 2 saturated carbocycles. The zero-order valence-electron chi connectivity index (χ0n) is 17.5. The largest absolute Gasteiger partial charge is 0.357 e. The Balaban J connectivity index is 1.13. The summed E-state index contributed by atoms with van der Waals surface area (Å²) in [6.45, 7) is 4.54. The molecule has 6 nitrogen and oxygen atoms in total. The molecule has 30 heavy (non-hydrogen) atoms. The van der Waals surface area contributed by atoms with Gasteiger partial charge < -0.3 is 10.6 Å². The molecule has 2 bridgehead atoms. The summed E-state index contributed by atoms with van der Waals surface area (Å²) in [5.74, 6) is 2.32. The number of imide groups is 1. The first-order chi connectivity index (χ1) is 14.7. The summed E-state index contributed by atoms with van der Waals surface area (Å²) in [4.78, 5) is 31.8. The lowest BCUT2D eigenvalue weighted by Crippen LogP contribution is -2.43. The fourth-order valence-electron chi connectivity index (χ4n) is 5.58. The maximum absolute atomic E-state index is 12.8. The van der Waals surface area contributed by atoms with E-state index in [2.05, 4.69) is 53.1 Å². The van der Waals surface area contributed by atoms with Crippen molar-refractivity contribution in [2.45, 2.75) is 25.7 Å². The molecule has 1 saturated heterocycles. The highest BCUT2D eigenvalue weighted by molar-refractivity contribution is 6.06. The van der Waals surface area contributed by atoms with Crippen LogP contribution in [0.2, 0.25) is 0 Å². The minimum Gasteiger partial charge on any atom is -0.357 e. The van der Waals surface area contributed by atoms with E-state index in [1.54, 1.807) is 0 Å². The predicted octanol–water partition coefficient (Wildman–Crippen LogP) is 2.15. The summed E-state index contributed by atoms with van der Waals surface area (Å²) in [6, 6.07) is 10.6. The molecule has 1 aromatic carbocycles. The van der Waals surface area contributed by atoms with Crippen molar-refractivity contribution in [1.82, 2.24) is 15.5 Å². The number of amides is 2. The van der Waals surface area contributed by atoms with Crippen LogP contribution < -0.4 is 10.6 Å². The molecule has 1 aromatic rings. The normalized spacial score (nSPS) is 33.9. The van der Waals surface area contributed by atoms with E-state index in [0.717, 1.165) is 25.5 Å². The monoisotopic (exact) mass is 406 g/mol. The van der Waals surface area contributed by atoms with Gasteiger partial charge in [0.2, 0.25) is 11.8 Å². The van der Waals surface area contributed by atoms with Gasteiger partial charge in [-0.3, -0.25) is 19.5 Å². The molecular weight excluding hydrogens is 376 g/mol. The number of allylic oxidation sites excluding steroid dienone is 2. The van der Waals surface area contributed by atoms with Crippen molar-refractivity contribution >= 4 is 17.8 Å². The molecule has 0 radical (unpaired) electrons. The van der Waals surface area contributed by atoms with Gasteiger partial charge in [-0.05, 0) is 49.0 Å². The Morgan fingerprint density at radius 2 is 1.73 bits per heavy atom. The van der Waals surface area contributed by atoms with Crippen LogP contribution in [0.15, 0.2) is 47.5 Å². The Morgan fingerprint density at radius 3 is 2.40 bits per heavy atom. The Kier molecular flexibility index (Phi) is 5.09. The molecule has 6 heteroatoms. The van der Waals surface area contributed by atoms with Crippen molar-refractivity contribution in [2.75, 3.05) is 26.2 Å². The van der Waals surface area contributed by atoms with Gasteiger partial charge >= 0.3 is 0 Å². The average Bonchev–Trinajstić information content (AvgIpc) is 3.11. The SMILES string of the molecule is CCNC(=NCC1CC1c1ccccc1)NCCN1C(=O)C2C3C=CC(C3)C2C1=O. The number of fused-ring (bicyclic) bond motifs is 5. The molecule has 2 amide bonds. The van der Waals surface area contributed by atoms with Gasteiger partial charge in [-0.2, -0.15) is 0 Å². The van der Waals surface area contributed by atoms with Crippen LogP contribution in [-0.2, 0) is 9.59 Å². The standard InChI is InChI=1S/C24H30N4O2/c1-2-25-24(27-14-18-13-19(18)15-6-4-3-5-7-15)26-10-11-28-22(29)20-16-8-9-17(12-16)21(20)23(28)30/h3-9,16-21H,2,10-14H2,1H3,(H2,25,26,27). The topological polar surface area (TPSA) is 73.8 Å². The number of aliphatic imine (C=N–C) groups is 1. The van der Waals surface area contributed by atoms with E-state index in [1.165, 1.54) is 16.9 Å². The number of hydrogen-bond acceptors (Lipinski definition) is 3. The Bertz CT molecular complexity index is 850. The predicted molar refractivity (Wildman–Crippen MR) is 116 cm³/mol. The number of rotatable bonds is 7. The van der Waals surface area contributed by atoms with Crippen LogP contribution in [0.25, 0.3) is 0 Å². The van der Waals surface area contributed by atoms with E-state index in [-0.39, 0.29) is 35.5 Å². The number of carbonyl (C=O) groups excluding carboxylic acids is 2. The maximum Gasteiger partial charge on any atom is 0.233 e. The molecule has 0 spiro atoms. The number of nitrogens with one attached hydrogen (secondary N) is 2. The van der Waals surface area contributed by atoms with Gasteiger partial charge in [0.05, 0.1) is 11.8 Å². The minimum absolute atomic E-state index is 0.0225. The van der Waals surface area contributed by atoms with E-state index in [9.17, 15) is 9.59 Å². The summed E-state index contributed by atoms with van der Waals surface area (Å²) in [6.07, 6.45) is 6.43. The molecule has 6 unspecified atom stereocenters. The second-order valence-electron chi connectivity index (χ2n) is 8.99. The Morgan fingerprint density at radius 1 is 1.03 bits per heavy atom. The van der Waals surface area contributed by atoms with Crippen LogP contribution in [0.4, 0.5) is 0 Å². The van der Waals surface area contributed by atoms with Crippen LogP contribution >= 0.6 is 0 Å². The van der Waals surface area contributed by atoms with Gasteiger partial charge in [0.25, 0.3) is 0 Å². The van der Waals surface area contributed by atoms with Crippen molar-refractivity contribution in [3.63, 3.8) is 0 Å². The van der Waals surface area contributed by atoms with E-state index in [1.807, 2.05) is 6.92 Å². The summed E-state index contributed by atoms with van der Waals surface area (Å²) in [5.41, 5.74) is 1.40. The van der Waals surface area contributed by atoms with Crippen molar-refractivity contribution in [3.8, 4) is 0 Å². The summed E-state index contributed by atoms with van der Waals surface area (Å²) >= 11 is 0. The molecule has 6 atom stereocenters. The second kappa shape index (κ2) is 7.89. The van der Waals surface area contributed by atoms with Gasteiger partial charge in [-0.1, -0.05) is 42.5 Å². The van der Waals surface area contributed by atoms with Crippen LogP contribution in [-0.4, -0.2) is 48.9 Å². The van der Waals surface area contributed by atoms with Crippen molar-refractivity contribution in [3.05, 3.63) is 48.0 Å². The van der Waals surface area contributed by atoms with Gasteiger partial charge in [-0.15, -0.1) is 0 Å². The molecule has 3 fully saturated rings. The molecule has 4 aliphatic rings. The van der Waals surface area contributed by atoms with Crippen LogP contribution in [0, 0.1) is 29.6 Å². The minimum atomic E-state index is -0.112. The third kappa shape index (κ3) is 3.42. The number of hydrogen-bond donors (Lipinski definition) is 2. The van der Waals surface area contributed by atoms with Crippen molar-refractivity contribution in [2.24, 2.45) is 34.6 Å². The van der Waals surface area contributed by atoms with E-state index in [4.69, 9.17) is 4.99 Å².